The first-order chi connectivity index (χ1) is 5.24. The van der Waals surface area contributed by atoms with Crippen molar-refractivity contribution in [1.82, 2.24) is 0 Å². The van der Waals surface area contributed by atoms with Crippen LogP contribution in [0.5, 0.6) is 0 Å². The predicted octanol–water partition coefficient (Wildman–Crippen LogP) is -4.70. The SMILES string of the molecule is O=C[O-].O=C[O-].O=C[O-].[CH3][Sn+3]. The molecule has 0 aromatic rings. The summed E-state index contributed by atoms with van der Waals surface area (Å²) >= 11 is 1.55. The van der Waals surface area contributed by atoms with E-state index in [-0.39, 0.29) is 0 Å². The van der Waals surface area contributed by atoms with Crippen molar-refractivity contribution >= 4 is 41.9 Å². The van der Waals surface area contributed by atoms with Gasteiger partial charge >= 0.3 is 27.5 Å². The van der Waals surface area contributed by atoms with Gasteiger partial charge in [-0.3, -0.25) is 0 Å². The van der Waals surface area contributed by atoms with Gasteiger partial charge < -0.3 is 29.7 Å². The molecule has 0 N–H and O–H groups in total. The van der Waals surface area contributed by atoms with Gasteiger partial charge in [0, 0.05) is 19.4 Å². The van der Waals surface area contributed by atoms with E-state index < -0.39 is 19.4 Å². The van der Waals surface area contributed by atoms with Gasteiger partial charge in [0.2, 0.25) is 0 Å². The molecule has 0 rings (SSSR count). The number of carbonyl (C=O) groups is 3. The molecule has 6 nitrogen and oxygen atoms in total. The van der Waals surface area contributed by atoms with Crippen molar-refractivity contribution < 1.29 is 29.7 Å². The van der Waals surface area contributed by atoms with Crippen LogP contribution in [-0.2, 0) is 14.4 Å². The molecule has 0 saturated heterocycles. The van der Waals surface area contributed by atoms with Crippen LogP contribution in [0.4, 0.5) is 0 Å². The van der Waals surface area contributed by atoms with Gasteiger partial charge in [-0.25, -0.2) is 0 Å². The molecule has 0 fully saturated rings. The van der Waals surface area contributed by atoms with Crippen molar-refractivity contribution in [2.75, 3.05) is 0 Å². The molecular formula is C4H6O6Sn. The van der Waals surface area contributed by atoms with E-state index in [0.29, 0.717) is 0 Å². The van der Waals surface area contributed by atoms with E-state index in [4.69, 9.17) is 29.7 Å². The first-order valence-corrected chi connectivity index (χ1v) is 4.77. The van der Waals surface area contributed by atoms with E-state index >= 15 is 0 Å². The molecule has 0 aromatic heterocycles. The third-order valence-corrected chi connectivity index (χ3v) is 0. The second-order valence-corrected chi connectivity index (χ2v) is 0.289. The van der Waals surface area contributed by atoms with Crippen molar-refractivity contribution in [3.63, 3.8) is 0 Å². The normalized spacial score (nSPS) is 3.91. The quantitative estimate of drug-likeness (QED) is 0.322. The Labute approximate surface area is 76.9 Å². The zero-order chi connectivity index (χ0) is 10.1. The molecule has 11 heavy (non-hydrogen) atoms. The van der Waals surface area contributed by atoms with Gasteiger partial charge in [0.05, 0.1) is 0 Å². The zero-order valence-electron chi connectivity index (χ0n) is 5.68. The van der Waals surface area contributed by atoms with E-state index in [2.05, 4.69) is 4.94 Å². The fraction of sp³-hybridized carbons (Fsp3) is 0.250. The van der Waals surface area contributed by atoms with Gasteiger partial charge in [0.1, 0.15) is 0 Å². The maximum absolute atomic E-state index is 8.25. The molecule has 0 radical (unpaired) electrons. The molecule has 0 heterocycles. The van der Waals surface area contributed by atoms with Crippen LogP contribution in [0, 0.1) is 0 Å². The van der Waals surface area contributed by atoms with Gasteiger partial charge in [0.25, 0.3) is 0 Å². The van der Waals surface area contributed by atoms with Crippen LogP contribution in [0.2, 0.25) is 4.94 Å². The number of hydrogen-bond donors (Lipinski definition) is 0. The van der Waals surface area contributed by atoms with E-state index in [9.17, 15) is 0 Å². The number of carboxylic acid groups (broad SMARTS) is 3. The van der Waals surface area contributed by atoms with Crippen molar-refractivity contribution in [2.24, 2.45) is 0 Å². The minimum absolute atomic E-state index is 0.500. The van der Waals surface area contributed by atoms with E-state index in [1.807, 2.05) is 0 Å². The van der Waals surface area contributed by atoms with Gasteiger partial charge in [0.15, 0.2) is 0 Å². The Balaban J connectivity index is -0.0000000301. The Morgan fingerprint density at radius 2 is 0.818 bits per heavy atom. The second kappa shape index (κ2) is 127. The fourth-order valence-corrected chi connectivity index (χ4v) is 0. The average Bonchev–Trinajstić information content (AvgIpc) is 1.96. The number of rotatable bonds is 0. The molecule has 0 amide bonds. The van der Waals surface area contributed by atoms with Gasteiger partial charge in [-0.15, -0.1) is 0 Å². The third-order valence-electron chi connectivity index (χ3n) is 0. The van der Waals surface area contributed by atoms with Gasteiger partial charge in [-0.2, -0.15) is 0 Å². The Morgan fingerprint density at radius 3 is 0.818 bits per heavy atom. The summed E-state index contributed by atoms with van der Waals surface area (Å²) in [6.45, 7) is -1.50. The first kappa shape index (κ1) is 22.5. The van der Waals surface area contributed by atoms with Crippen molar-refractivity contribution in [3.05, 3.63) is 0 Å². The predicted molar refractivity (Wildman–Crippen MR) is 29.8 cm³/mol. The molecular weight excluding hydrogens is 263 g/mol. The molecule has 0 aliphatic carbocycles. The fourth-order valence-electron chi connectivity index (χ4n) is 0. The summed E-state index contributed by atoms with van der Waals surface area (Å²) in [5.74, 6) is 0. The Bertz CT molecular complexity index is 51.3. The van der Waals surface area contributed by atoms with E-state index in [1.165, 1.54) is 0 Å². The van der Waals surface area contributed by atoms with E-state index in [0.717, 1.165) is 0 Å². The Hall–Kier alpha value is -0.791. The molecule has 0 aliphatic heterocycles. The molecule has 0 aromatic carbocycles. The maximum atomic E-state index is 8.25. The molecule has 62 valence electrons. The molecule has 7 heteroatoms. The minimum atomic E-state index is -0.500. The van der Waals surface area contributed by atoms with Crippen LogP contribution in [-0.4, -0.2) is 41.9 Å². The monoisotopic (exact) mass is 270 g/mol. The van der Waals surface area contributed by atoms with Gasteiger partial charge in [-0.1, -0.05) is 0 Å². The van der Waals surface area contributed by atoms with Crippen LogP contribution in [0.1, 0.15) is 0 Å². The second-order valence-electron chi connectivity index (χ2n) is 0.289. The van der Waals surface area contributed by atoms with Crippen LogP contribution >= 0.6 is 0 Å². The topological polar surface area (TPSA) is 120 Å². The summed E-state index contributed by atoms with van der Waals surface area (Å²) in [7, 11) is 0. The van der Waals surface area contributed by atoms with Gasteiger partial charge in [-0.05, 0) is 0 Å². The summed E-state index contributed by atoms with van der Waals surface area (Å²) in [6.07, 6.45) is 0. The van der Waals surface area contributed by atoms with Crippen molar-refractivity contribution in [3.8, 4) is 0 Å². The van der Waals surface area contributed by atoms with Crippen LogP contribution in [0.15, 0.2) is 0 Å². The summed E-state index contributed by atoms with van der Waals surface area (Å²) in [4.78, 5) is 26.8. The summed E-state index contributed by atoms with van der Waals surface area (Å²) < 4.78 is 0. The average molecular weight is 269 g/mol. The summed E-state index contributed by atoms with van der Waals surface area (Å²) in [5, 5.41) is 24.8. The molecule has 0 spiro atoms. The first-order valence-electron chi connectivity index (χ1n) is 1.91. The third kappa shape index (κ3) is 764. The zero-order valence-corrected chi connectivity index (χ0v) is 8.54. The van der Waals surface area contributed by atoms with Crippen LogP contribution in [0.25, 0.3) is 0 Å². The molecule has 0 aliphatic rings. The molecule has 0 unspecified atom stereocenters. The van der Waals surface area contributed by atoms with Crippen LogP contribution in [0.3, 0.4) is 0 Å². The number of carbonyl (C=O) groups excluding carboxylic acids is 3. The molecule has 0 atom stereocenters. The summed E-state index contributed by atoms with van der Waals surface area (Å²) in [5.41, 5.74) is 0. The van der Waals surface area contributed by atoms with Crippen molar-refractivity contribution in [2.45, 2.75) is 4.94 Å². The van der Waals surface area contributed by atoms with Crippen LogP contribution < -0.4 is 15.3 Å². The standard InChI is InChI=1S/3CH2O2.CH3.Sn/c3*2-1-3;;/h3*1H,(H,2,3);1H3;/q;;;;+3/p-3. The van der Waals surface area contributed by atoms with Crippen molar-refractivity contribution in [1.29, 1.82) is 0 Å². The van der Waals surface area contributed by atoms with E-state index in [1.54, 1.807) is 22.5 Å². The molecule has 0 bridgehead atoms. The Kier molecular flexibility index (Phi) is 260. The number of hydrogen-bond acceptors (Lipinski definition) is 6. The summed E-state index contributed by atoms with van der Waals surface area (Å²) in [6, 6.07) is 0. The Morgan fingerprint density at radius 1 is 0.818 bits per heavy atom. The molecule has 0 saturated carbocycles.